The molecular formula is C17H20N2O5S. The fourth-order valence-electron chi connectivity index (χ4n) is 4.04. The number of nitrogens with zero attached hydrogens (tertiary/aromatic N) is 2. The van der Waals surface area contributed by atoms with Crippen LogP contribution >= 0.6 is 0 Å². The van der Waals surface area contributed by atoms with E-state index in [1.54, 1.807) is 24.0 Å². The molecule has 1 amide bonds. The van der Waals surface area contributed by atoms with Crippen LogP contribution in [0.5, 0.6) is 0 Å². The van der Waals surface area contributed by atoms with E-state index in [2.05, 4.69) is 0 Å². The molecule has 0 saturated carbocycles. The minimum absolute atomic E-state index is 0.0186. The number of amides is 1. The molecule has 1 unspecified atom stereocenters. The second-order valence-corrected chi connectivity index (χ2v) is 9.31. The number of hydrogen-bond acceptors (Lipinski definition) is 4. The van der Waals surface area contributed by atoms with Crippen LogP contribution < -0.4 is 4.90 Å². The molecular weight excluding hydrogens is 344 g/mol. The van der Waals surface area contributed by atoms with E-state index in [1.807, 2.05) is 0 Å². The maximum Gasteiger partial charge on any atom is 0.310 e. The lowest BCUT2D eigenvalue weighted by Gasteiger charge is -2.26. The molecule has 134 valence electrons. The molecule has 0 aromatic heterocycles. The van der Waals surface area contributed by atoms with Gasteiger partial charge in [0.1, 0.15) is 0 Å². The van der Waals surface area contributed by atoms with Gasteiger partial charge in [-0.3, -0.25) is 9.59 Å². The average molecular weight is 364 g/mol. The van der Waals surface area contributed by atoms with Crippen molar-refractivity contribution in [3.05, 3.63) is 23.3 Å². The molecule has 0 aliphatic carbocycles. The minimum atomic E-state index is -3.77. The van der Waals surface area contributed by atoms with Crippen LogP contribution in [0.2, 0.25) is 0 Å². The highest BCUT2D eigenvalue weighted by molar-refractivity contribution is 7.89. The highest BCUT2D eigenvalue weighted by Gasteiger charge is 2.45. The lowest BCUT2D eigenvalue weighted by atomic mass is 9.90. The Kier molecular flexibility index (Phi) is 3.49. The van der Waals surface area contributed by atoms with Gasteiger partial charge in [-0.05, 0) is 49.4 Å². The largest absolute Gasteiger partial charge is 0.481 e. The van der Waals surface area contributed by atoms with Crippen LogP contribution in [-0.2, 0) is 32.5 Å². The Labute approximate surface area is 146 Å². The van der Waals surface area contributed by atoms with Gasteiger partial charge < -0.3 is 10.0 Å². The SMILES string of the molecule is CC1(C(=O)O)CCN(S(=O)(=O)c2cc3c4c(c2)CC(=O)N4CCC3)C1. The van der Waals surface area contributed by atoms with E-state index in [4.69, 9.17) is 0 Å². The third-order valence-corrected chi connectivity index (χ3v) is 7.40. The highest BCUT2D eigenvalue weighted by Crippen LogP contribution is 2.40. The molecule has 0 radical (unpaired) electrons. The molecule has 1 fully saturated rings. The third-order valence-electron chi connectivity index (χ3n) is 5.57. The number of carbonyl (C=O) groups excluding carboxylic acids is 1. The second-order valence-electron chi connectivity index (χ2n) is 7.37. The van der Waals surface area contributed by atoms with Crippen LogP contribution in [0.15, 0.2) is 17.0 Å². The van der Waals surface area contributed by atoms with Gasteiger partial charge in [0.2, 0.25) is 15.9 Å². The van der Waals surface area contributed by atoms with E-state index in [-0.39, 0.29) is 30.3 Å². The summed E-state index contributed by atoms with van der Waals surface area (Å²) in [6.45, 7) is 2.44. The lowest BCUT2D eigenvalue weighted by Crippen LogP contribution is -2.35. The Morgan fingerprint density at radius 1 is 1.24 bits per heavy atom. The van der Waals surface area contributed by atoms with Gasteiger partial charge in [-0.1, -0.05) is 0 Å². The number of carbonyl (C=O) groups is 2. The first-order valence-corrected chi connectivity index (χ1v) is 9.86. The molecule has 8 heteroatoms. The van der Waals surface area contributed by atoms with Crippen molar-refractivity contribution in [1.82, 2.24) is 4.31 Å². The number of aliphatic carboxylic acids is 1. The number of rotatable bonds is 3. The molecule has 3 aliphatic heterocycles. The van der Waals surface area contributed by atoms with Crippen molar-refractivity contribution in [3.63, 3.8) is 0 Å². The van der Waals surface area contributed by atoms with Gasteiger partial charge >= 0.3 is 5.97 Å². The summed E-state index contributed by atoms with van der Waals surface area (Å²) in [5, 5.41) is 9.34. The second kappa shape index (κ2) is 5.28. The number of carboxylic acids is 1. The molecule has 3 aliphatic rings. The predicted molar refractivity (Wildman–Crippen MR) is 89.9 cm³/mol. The Balaban J connectivity index is 1.73. The van der Waals surface area contributed by atoms with Gasteiger partial charge in [0, 0.05) is 19.6 Å². The smallest absolute Gasteiger partial charge is 0.310 e. The first-order chi connectivity index (χ1) is 11.7. The van der Waals surface area contributed by atoms with Crippen molar-refractivity contribution >= 4 is 27.6 Å². The number of hydrogen-bond donors (Lipinski definition) is 1. The van der Waals surface area contributed by atoms with Gasteiger partial charge in [0.05, 0.1) is 22.4 Å². The fraction of sp³-hybridized carbons (Fsp3) is 0.529. The highest BCUT2D eigenvalue weighted by atomic mass is 32.2. The monoisotopic (exact) mass is 364 g/mol. The zero-order chi connectivity index (χ0) is 18.0. The molecule has 0 spiro atoms. The van der Waals surface area contributed by atoms with Crippen LogP contribution in [0.1, 0.15) is 30.9 Å². The van der Waals surface area contributed by atoms with Crippen molar-refractivity contribution in [2.45, 2.75) is 37.5 Å². The summed E-state index contributed by atoms with van der Waals surface area (Å²) < 4.78 is 27.3. The Bertz CT molecular complexity index is 895. The van der Waals surface area contributed by atoms with Gasteiger partial charge in [-0.25, -0.2) is 8.42 Å². The van der Waals surface area contributed by atoms with E-state index in [9.17, 15) is 23.1 Å². The van der Waals surface area contributed by atoms with Crippen LogP contribution in [0, 0.1) is 5.41 Å². The van der Waals surface area contributed by atoms with E-state index in [0.717, 1.165) is 29.7 Å². The van der Waals surface area contributed by atoms with Crippen LogP contribution in [0.4, 0.5) is 5.69 Å². The summed E-state index contributed by atoms with van der Waals surface area (Å²) in [6.07, 6.45) is 2.11. The van der Waals surface area contributed by atoms with Gasteiger partial charge in [0.25, 0.3) is 0 Å². The van der Waals surface area contributed by atoms with Gasteiger partial charge in [-0.15, -0.1) is 0 Å². The minimum Gasteiger partial charge on any atom is -0.481 e. The molecule has 1 saturated heterocycles. The summed E-state index contributed by atoms with van der Waals surface area (Å²) in [6, 6.07) is 3.25. The Hall–Kier alpha value is -1.93. The maximum atomic E-state index is 13.0. The van der Waals surface area contributed by atoms with Crippen molar-refractivity contribution < 1.29 is 23.1 Å². The van der Waals surface area contributed by atoms with Crippen molar-refractivity contribution in [1.29, 1.82) is 0 Å². The summed E-state index contributed by atoms with van der Waals surface area (Å²) in [5.41, 5.74) is 1.49. The zero-order valence-corrected chi connectivity index (χ0v) is 14.8. The molecule has 4 rings (SSSR count). The Morgan fingerprint density at radius 3 is 2.64 bits per heavy atom. The summed E-state index contributed by atoms with van der Waals surface area (Å²) in [4.78, 5) is 25.5. The number of anilines is 1. The van der Waals surface area contributed by atoms with Crippen LogP contribution in [-0.4, -0.2) is 49.3 Å². The molecule has 0 bridgehead atoms. The molecule has 1 aromatic carbocycles. The summed E-state index contributed by atoms with van der Waals surface area (Å²) >= 11 is 0. The molecule has 1 atom stereocenters. The van der Waals surface area contributed by atoms with Crippen molar-refractivity contribution in [2.24, 2.45) is 5.41 Å². The van der Waals surface area contributed by atoms with Crippen molar-refractivity contribution in [3.8, 4) is 0 Å². The molecule has 1 N–H and O–H groups in total. The topological polar surface area (TPSA) is 95.0 Å². The van der Waals surface area contributed by atoms with E-state index in [1.165, 1.54) is 4.31 Å². The first-order valence-electron chi connectivity index (χ1n) is 8.42. The predicted octanol–water partition coefficient (Wildman–Crippen LogP) is 1.01. The van der Waals surface area contributed by atoms with E-state index >= 15 is 0 Å². The molecule has 1 aromatic rings. The summed E-state index contributed by atoms with van der Waals surface area (Å²) in [5.74, 6) is -0.958. The standard InChI is InChI=1S/C17H20N2O5S/c1-17(16(21)22)4-6-18(10-17)25(23,24)13-7-11-3-2-5-19-14(20)9-12(8-13)15(11)19/h7-8H,2-6,9-10H2,1H3,(H,21,22). The Morgan fingerprint density at radius 2 is 1.96 bits per heavy atom. The van der Waals surface area contributed by atoms with Crippen LogP contribution in [0.3, 0.4) is 0 Å². The average Bonchev–Trinajstić information content (AvgIpc) is 3.12. The van der Waals surface area contributed by atoms with Gasteiger partial charge in [0.15, 0.2) is 0 Å². The van der Waals surface area contributed by atoms with Gasteiger partial charge in [-0.2, -0.15) is 4.31 Å². The van der Waals surface area contributed by atoms with Crippen LogP contribution in [0.25, 0.3) is 0 Å². The molecule has 7 nitrogen and oxygen atoms in total. The fourth-order valence-corrected chi connectivity index (χ4v) is 5.71. The maximum absolute atomic E-state index is 13.0. The zero-order valence-electron chi connectivity index (χ0n) is 14.0. The number of aryl methyl sites for hydroxylation is 1. The number of carboxylic acid groups (broad SMARTS) is 1. The number of benzene rings is 1. The first kappa shape index (κ1) is 16.5. The molecule has 25 heavy (non-hydrogen) atoms. The lowest BCUT2D eigenvalue weighted by molar-refractivity contribution is -0.146. The van der Waals surface area contributed by atoms with Crippen molar-refractivity contribution in [2.75, 3.05) is 24.5 Å². The number of sulfonamides is 1. The van der Waals surface area contributed by atoms with E-state index in [0.29, 0.717) is 13.0 Å². The normalized spacial score (nSPS) is 26.1. The quantitative estimate of drug-likeness (QED) is 0.864. The third kappa shape index (κ3) is 2.38. The molecule has 3 heterocycles. The van der Waals surface area contributed by atoms with E-state index < -0.39 is 21.4 Å². The summed E-state index contributed by atoms with van der Waals surface area (Å²) in [7, 11) is -3.77.